The number of nitrogens with one attached hydrogen (secondary N) is 1. The first-order valence-electron chi connectivity index (χ1n) is 9.44. The summed E-state index contributed by atoms with van der Waals surface area (Å²) in [4.78, 5) is 29.0. The predicted octanol–water partition coefficient (Wildman–Crippen LogP) is 1.76. The van der Waals surface area contributed by atoms with Crippen molar-refractivity contribution in [3.8, 4) is 0 Å². The van der Waals surface area contributed by atoms with E-state index in [4.69, 9.17) is 9.15 Å². The van der Waals surface area contributed by atoms with Crippen molar-refractivity contribution in [1.82, 2.24) is 10.2 Å². The third-order valence-electron chi connectivity index (χ3n) is 5.26. The van der Waals surface area contributed by atoms with Gasteiger partial charge in [-0.2, -0.15) is 0 Å². The zero-order valence-corrected chi connectivity index (χ0v) is 15.8. The molecular formula is C20H25N3O4. The normalized spacial score (nSPS) is 20.2. The maximum Gasteiger partial charge on any atom is 0.253 e. The van der Waals surface area contributed by atoms with Gasteiger partial charge in [-0.15, -0.1) is 0 Å². The number of carbonyl (C=O) groups is 1. The third kappa shape index (κ3) is 3.44. The van der Waals surface area contributed by atoms with Crippen LogP contribution in [0.3, 0.4) is 0 Å². The van der Waals surface area contributed by atoms with E-state index < -0.39 is 0 Å². The number of amides is 1. The molecule has 3 heterocycles. The monoisotopic (exact) mass is 371 g/mol. The Morgan fingerprint density at radius 1 is 1.22 bits per heavy atom. The van der Waals surface area contributed by atoms with Gasteiger partial charge in [-0.05, 0) is 31.5 Å². The average molecular weight is 371 g/mol. The minimum absolute atomic E-state index is 0.0884. The molecule has 27 heavy (non-hydrogen) atoms. The molecule has 2 aliphatic heterocycles. The third-order valence-corrected chi connectivity index (χ3v) is 5.26. The van der Waals surface area contributed by atoms with Gasteiger partial charge in [0.2, 0.25) is 0 Å². The van der Waals surface area contributed by atoms with E-state index in [0.29, 0.717) is 48.7 Å². The smallest absolute Gasteiger partial charge is 0.253 e. The molecule has 0 unspecified atom stereocenters. The number of fused-ring (bicyclic) bond motifs is 1. The summed E-state index contributed by atoms with van der Waals surface area (Å²) in [6.45, 7) is 3.56. The Balaban J connectivity index is 1.89. The van der Waals surface area contributed by atoms with Crippen molar-refractivity contribution in [3.63, 3.8) is 0 Å². The van der Waals surface area contributed by atoms with E-state index in [2.05, 4.69) is 5.32 Å². The Morgan fingerprint density at radius 3 is 2.67 bits per heavy atom. The lowest BCUT2D eigenvalue weighted by Gasteiger charge is -2.27. The Hall–Kier alpha value is -2.38. The molecule has 4 rings (SSSR count). The molecule has 1 aromatic heterocycles. The van der Waals surface area contributed by atoms with Gasteiger partial charge >= 0.3 is 0 Å². The molecule has 2 saturated heterocycles. The van der Waals surface area contributed by atoms with Crippen LogP contribution in [-0.4, -0.2) is 57.8 Å². The molecule has 0 radical (unpaired) electrons. The molecule has 0 spiro atoms. The lowest BCUT2D eigenvalue weighted by Crippen LogP contribution is -2.36. The van der Waals surface area contributed by atoms with Crippen LogP contribution in [0.5, 0.6) is 0 Å². The van der Waals surface area contributed by atoms with E-state index in [1.54, 1.807) is 20.2 Å². The predicted molar refractivity (Wildman–Crippen MR) is 104 cm³/mol. The molecule has 2 fully saturated rings. The molecule has 0 saturated carbocycles. The van der Waals surface area contributed by atoms with Crippen LogP contribution < -0.4 is 15.6 Å². The van der Waals surface area contributed by atoms with E-state index in [1.807, 2.05) is 11.0 Å². The zero-order chi connectivity index (χ0) is 19.0. The molecule has 1 amide bonds. The summed E-state index contributed by atoms with van der Waals surface area (Å²) in [5.41, 5.74) is 1.87. The first-order chi connectivity index (χ1) is 13.0. The number of rotatable bonds is 3. The fraction of sp³-hybridized carbons (Fsp3) is 0.500. The van der Waals surface area contributed by atoms with Crippen LogP contribution in [0.25, 0.3) is 11.0 Å². The summed E-state index contributed by atoms with van der Waals surface area (Å²) in [5.74, 6) is 0.453. The van der Waals surface area contributed by atoms with Gasteiger partial charge in [0, 0.05) is 50.4 Å². The maximum atomic E-state index is 12.9. The van der Waals surface area contributed by atoms with Crippen LogP contribution in [0.4, 0.5) is 5.88 Å². The second kappa shape index (κ2) is 7.32. The Labute approximate surface area is 157 Å². The van der Waals surface area contributed by atoms with E-state index in [-0.39, 0.29) is 17.4 Å². The van der Waals surface area contributed by atoms with Crippen molar-refractivity contribution < 1.29 is 13.9 Å². The maximum absolute atomic E-state index is 12.9. The lowest BCUT2D eigenvalue weighted by molar-refractivity contribution is 0.0827. The number of hydrogen-bond donors (Lipinski definition) is 1. The molecule has 144 valence electrons. The number of morpholine rings is 1. The average Bonchev–Trinajstić information content (AvgIpc) is 3.22. The zero-order valence-electron chi connectivity index (χ0n) is 15.8. The highest BCUT2D eigenvalue weighted by atomic mass is 16.5. The summed E-state index contributed by atoms with van der Waals surface area (Å²) in [6, 6.07) is 5.15. The van der Waals surface area contributed by atoms with Crippen molar-refractivity contribution in [2.45, 2.75) is 18.9 Å². The number of nitrogens with zero attached hydrogens (tertiary/aromatic N) is 2. The van der Waals surface area contributed by atoms with E-state index in [9.17, 15) is 9.59 Å². The number of benzene rings is 1. The number of anilines is 1. The standard InChI is InChI=1S/C20H25N3O4/c1-22(2)20(25)13-10-14(16-4-3-5-21-16)19-15(11-13)17(24)12-18(27-19)23-6-8-26-9-7-23/h10-12,16,21H,3-9H2,1-2H3/t16-/m1/s1. The van der Waals surface area contributed by atoms with Crippen LogP contribution in [0, 0.1) is 0 Å². The van der Waals surface area contributed by atoms with Crippen molar-refractivity contribution in [2.75, 3.05) is 51.8 Å². The largest absolute Gasteiger partial charge is 0.440 e. The molecule has 0 aliphatic carbocycles. The van der Waals surface area contributed by atoms with E-state index in [1.165, 1.54) is 11.0 Å². The SMILES string of the molecule is CN(C)C(=O)c1cc([C@H]2CCCN2)c2oc(N3CCOCC3)cc(=O)c2c1. The van der Waals surface area contributed by atoms with Gasteiger partial charge in [-0.25, -0.2) is 0 Å². The van der Waals surface area contributed by atoms with Crippen molar-refractivity contribution in [3.05, 3.63) is 39.5 Å². The second-order valence-corrected chi connectivity index (χ2v) is 7.34. The van der Waals surface area contributed by atoms with Crippen LogP contribution in [0.2, 0.25) is 0 Å². The highest BCUT2D eigenvalue weighted by Crippen LogP contribution is 2.32. The summed E-state index contributed by atoms with van der Waals surface area (Å²) in [6.07, 6.45) is 2.02. The molecule has 7 heteroatoms. The number of ether oxygens (including phenoxy) is 1. The highest BCUT2D eigenvalue weighted by molar-refractivity contribution is 5.98. The van der Waals surface area contributed by atoms with E-state index >= 15 is 0 Å². The fourth-order valence-electron chi connectivity index (χ4n) is 3.80. The fourth-order valence-corrected chi connectivity index (χ4v) is 3.80. The topological polar surface area (TPSA) is 75.0 Å². The molecule has 0 bridgehead atoms. The second-order valence-electron chi connectivity index (χ2n) is 7.34. The Morgan fingerprint density at radius 2 is 2.00 bits per heavy atom. The van der Waals surface area contributed by atoms with Gasteiger partial charge in [0.25, 0.3) is 5.91 Å². The molecular weight excluding hydrogens is 346 g/mol. The Kier molecular flexibility index (Phi) is 4.88. The van der Waals surface area contributed by atoms with Crippen LogP contribution >= 0.6 is 0 Å². The molecule has 1 N–H and O–H groups in total. The Bertz CT molecular complexity index is 909. The molecule has 2 aromatic rings. The first-order valence-corrected chi connectivity index (χ1v) is 9.44. The van der Waals surface area contributed by atoms with Gasteiger partial charge < -0.3 is 24.3 Å². The molecule has 2 aliphatic rings. The summed E-state index contributed by atoms with van der Waals surface area (Å²) >= 11 is 0. The molecule has 1 aromatic carbocycles. The summed E-state index contributed by atoms with van der Waals surface area (Å²) in [5, 5.41) is 3.92. The van der Waals surface area contributed by atoms with Gasteiger partial charge in [0.05, 0.1) is 18.6 Å². The quantitative estimate of drug-likeness (QED) is 0.886. The van der Waals surface area contributed by atoms with Gasteiger partial charge in [0.15, 0.2) is 11.3 Å². The lowest BCUT2D eigenvalue weighted by atomic mass is 9.98. The van der Waals surface area contributed by atoms with Crippen molar-refractivity contribution in [2.24, 2.45) is 0 Å². The van der Waals surface area contributed by atoms with Gasteiger partial charge in [0.1, 0.15) is 5.58 Å². The van der Waals surface area contributed by atoms with Crippen molar-refractivity contribution in [1.29, 1.82) is 0 Å². The van der Waals surface area contributed by atoms with Crippen molar-refractivity contribution >= 4 is 22.8 Å². The minimum atomic E-state index is -0.120. The van der Waals surface area contributed by atoms with Crippen LogP contribution in [-0.2, 0) is 4.74 Å². The van der Waals surface area contributed by atoms with Gasteiger partial charge in [-0.1, -0.05) is 0 Å². The summed E-state index contributed by atoms with van der Waals surface area (Å²) < 4.78 is 11.6. The van der Waals surface area contributed by atoms with E-state index in [0.717, 1.165) is 24.9 Å². The van der Waals surface area contributed by atoms with Gasteiger partial charge in [-0.3, -0.25) is 9.59 Å². The first kappa shape index (κ1) is 18.0. The molecule has 1 atom stereocenters. The summed E-state index contributed by atoms with van der Waals surface area (Å²) in [7, 11) is 3.42. The minimum Gasteiger partial charge on any atom is -0.440 e. The van der Waals surface area contributed by atoms with Crippen LogP contribution in [0.15, 0.2) is 27.4 Å². The highest BCUT2D eigenvalue weighted by Gasteiger charge is 2.25. The number of carbonyl (C=O) groups excluding carboxylic acids is 1. The number of hydrogen-bond acceptors (Lipinski definition) is 6. The van der Waals surface area contributed by atoms with Crippen LogP contribution in [0.1, 0.15) is 34.8 Å². The molecule has 7 nitrogen and oxygen atoms in total.